The molecule has 0 bridgehead atoms. The molecule has 0 aliphatic carbocycles. The van der Waals surface area contributed by atoms with Crippen molar-refractivity contribution in [1.29, 1.82) is 0 Å². The number of thiazole rings is 1. The van der Waals surface area contributed by atoms with Crippen LogP contribution in [0.3, 0.4) is 0 Å². The Balaban J connectivity index is 2.35. The first-order valence-corrected chi connectivity index (χ1v) is 6.23. The van der Waals surface area contributed by atoms with Crippen LogP contribution >= 0.6 is 23.1 Å². The maximum Gasteiger partial charge on any atom is 0.347 e. The van der Waals surface area contributed by atoms with Gasteiger partial charge in [-0.25, -0.2) is 9.78 Å². The molecule has 1 aliphatic rings. The number of carbonyl (C=O) groups is 1. The number of nitrogens with zero attached hydrogens (tertiary/aromatic N) is 1. The molecule has 0 amide bonds. The van der Waals surface area contributed by atoms with Gasteiger partial charge < -0.3 is 10.8 Å². The molecule has 1 saturated heterocycles. The lowest BCUT2D eigenvalue weighted by Gasteiger charge is -2.04. The number of hydrogen-bond donors (Lipinski definition) is 2. The number of anilines is 1. The molecule has 0 spiro atoms. The summed E-state index contributed by atoms with van der Waals surface area (Å²) in [4.78, 5) is 15.3. The van der Waals surface area contributed by atoms with Crippen LogP contribution in [0.4, 0.5) is 5.13 Å². The van der Waals surface area contributed by atoms with Gasteiger partial charge in [0.2, 0.25) is 0 Å². The van der Waals surface area contributed by atoms with Crippen molar-refractivity contribution in [2.24, 2.45) is 0 Å². The second-order valence-electron chi connectivity index (χ2n) is 3.13. The maximum absolute atomic E-state index is 10.9. The van der Waals surface area contributed by atoms with Crippen LogP contribution in [0.1, 0.15) is 27.7 Å². The zero-order chi connectivity index (χ0) is 10.1. The summed E-state index contributed by atoms with van der Waals surface area (Å²) in [6.45, 7) is 0. The van der Waals surface area contributed by atoms with Gasteiger partial charge in [0.15, 0.2) is 5.13 Å². The van der Waals surface area contributed by atoms with Crippen molar-refractivity contribution in [2.45, 2.75) is 12.3 Å². The second-order valence-corrected chi connectivity index (χ2v) is 5.31. The normalized spacial score (nSPS) is 21.3. The lowest BCUT2D eigenvalue weighted by atomic mass is 10.0. The lowest BCUT2D eigenvalue weighted by molar-refractivity contribution is 0.0700. The average Bonchev–Trinajstić information content (AvgIpc) is 2.70. The van der Waals surface area contributed by atoms with Gasteiger partial charge in [-0.15, -0.1) is 0 Å². The summed E-state index contributed by atoms with van der Waals surface area (Å²) >= 11 is 2.90. The Morgan fingerprint density at radius 1 is 1.64 bits per heavy atom. The highest BCUT2D eigenvalue weighted by molar-refractivity contribution is 7.99. The van der Waals surface area contributed by atoms with Crippen LogP contribution in [-0.4, -0.2) is 27.6 Å². The molecule has 0 aromatic carbocycles. The smallest absolute Gasteiger partial charge is 0.347 e. The minimum Gasteiger partial charge on any atom is -0.477 e. The van der Waals surface area contributed by atoms with Crippen LogP contribution in [-0.2, 0) is 0 Å². The highest BCUT2D eigenvalue weighted by Crippen LogP contribution is 2.36. The number of rotatable bonds is 2. The van der Waals surface area contributed by atoms with Crippen molar-refractivity contribution in [1.82, 2.24) is 4.98 Å². The number of aromatic nitrogens is 1. The molecule has 1 unspecified atom stereocenters. The van der Waals surface area contributed by atoms with Gasteiger partial charge in [-0.3, -0.25) is 0 Å². The molecule has 14 heavy (non-hydrogen) atoms. The lowest BCUT2D eigenvalue weighted by Crippen LogP contribution is -2.04. The van der Waals surface area contributed by atoms with Gasteiger partial charge >= 0.3 is 5.97 Å². The maximum atomic E-state index is 10.9. The number of thioether (sulfide) groups is 1. The van der Waals surface area contributed by atoms with Crippen molar-refractivity contribution in [3.05, 3.63) is 10.6 Å². The van der Waals surface area contributed by atoms with E-state index in [0.717, 1.165) is 29.3 Å². The molecule has 2 heterocycles. The Hall–Kier alpha value is -0.750. The second kappa shape index (κ2) is 3.78. The molecule has 1 aromatic rings. The van der Waals surface area contributed by atoms with E-state index in [9.17, 15) is 4.79 Å². The van der Waals surface area contributed by atoms with Gasteiger partial charge in [-0.05, 0) is 12.2 Å². The fourth-order valence-electron chi connectivity index (χ4n) is 1.53. The zero-order valence-electron chi connectivity index (χ0n) is 7.40. The van der Waals surface area contributed by atoms with Crippen molar-refractivity contribution < 1.29 is 9.90 Å². The van der Waals surface area contributed by atoms with E-state index in [0.29, 0.717) is 15.7 Å². The predicted octanol–water partition coefficient (Wildman–Crippen LogP) is 1.64. The molecule has 0 radical (unpaired) electrons. The molecule has 3 N–H and O–H groups in total. The first kappa shape index (κ1) is 9.79. The zero-order valence-corrected chi connectivity index (χ0v) is 9.03. The highest BCUT2D eigenvalue weighted by Gasteiger charge is 2.26. The molecule has 1 atom stereocenters. The van der Waals surface area contributed by atoms with Crippen molar-refractivity contribution in [3.63, 3.8) is 0 Å². The van der Waals surface area contributed by atoms with E-state index >= 15 is 0 Å². The number of aromatic carboxylic acids is 1. The van der Waals surface area contributed by atoms with E-state index in [1.165, 1.54) is 0 Å². The molecule has 1 aromatic heterocycles. The summed E-state index contributed by atoms with van der Waals surface area (Å²) in [7, 11) is 0. The van der Waals surface area contributed by atoms with E-state index in [1.54, 1.807) is 0 Å². The van der Waals surface area contributed by atoms with Gasteiger partial charge in [0, 0.05) is 11.7 Å². The Kier molecular flexibility index (Phi) is 2.64. The number of carboxylic acids is 1. The van der Waals surface area contributed by atoms with E-state index in [-0.39, 0.29) is 5.92 Å². The Morgan fingerprint density at radius 2 is 2.43 bits per heavy atom. The van der Waals surface area contributed by atoms with Crippen LogP contribution < -0.4 is 5.73 Å². The van der Waals surface area contributed by atoms with Crippen LogP contribution in [0.5, 0.6) is 0 Å². The van der Waals surface area contributed by atoms with E-state index < -0.39 is 5.97 Å². The third-order valence-electron chi connectivity index (χ3n) is 2.18. The van der Waals surface area contributed by atoms with E-state index in [1.807, 2.05) is 11.8 Å². The summed E-state index contributed by atoms with van der Waals surface area (Å²) in [6.07, 6.45) is 1.01. The summed E-state index contributed by atoms with van der Waals surface area (Å²) in [5.74, 6) is 1.41. The molecular formula is C8H10N2O2S2. The first-order valence-electron chi connectivity index (χ1n) is 4.25. The largest absolute Gasteiger partial charge is 0.477 e. The van der Waals surface area contributed by atoms with Crippen molar-refractivity contribution in [2.75, 3.05) is 17.2 Å². The Morgan fingerprint density at radius 3 is 3.00 bits per heavy atom. The van der Waals surface area contributed by atoms with Crippen LogP contribution in [0.15, 0.2) is 0 Å². The summed E-state index contributed by atoms with van der Waals surface area (Å²) < 4.78 is 0. The fourth-order valence-corrected chi connectivity index (χ4v) is 3.51. The molecule has 2 rings (SSSR count). The van der Waals surface area contributed by atoms with Gasteiger partial charge in [0.05, 0.1) is 5.69 Å². The SMILES string of the molecule is Nc1nc(C2CCSC2)c(C(=O)O)s1. The van der Waals surface area contributed by atoms with Crippen molar-refractivity contribution >= 4 is 34.2 Å². The molecule has 1 aliphatic heterocycles. The number of hydrogen-bond acceptors (Lipinski definition) is 5. The molecule has 0 saturated carbocycles. The van der Waals surface area contributed by atoms with Crippen LogP contribution in [0.25, 0.3) is 0 Å². The van der Waals surface area contributed by atoms with Gasteiger partial charge in [0.1, 0.15) is 4.88 Å². The minimum atomic E-state index is -0.911. The minimum absolute atomic E-state index is 0.277. The molecule has 76 valence electrons. The average molecular weight is 230 g/mol. The first-order chi connectivity index (χ1) is 6.68. The third-order valence-corrected chi connectivity index (χ3v) is 4.23. The topological polar surface area (TPSA) is 76.2 Å². The molecular weight excluding hydrogens is 220 g/mol. The fraction of sp³-hybridized carbons (Fsp3) is 0.500. The van der Waals surface area contributed by atoms with Gasteiger partial charge in [-0.1, -0.05) is 11.3 Å². The Labute approximate surface area is 89.5 Å². The van der Waals surface area contributed by atoms with E-state index in [4.69, 9.17) is 10.8 Å². The monoisotopic (exact) mass is 230 g/mol. The molecule has 6 heteroatoms. The Bertz CT molecular complexity index is 358. The van der Waals surface area contributed by atoms with Crippen LogP contribution in [0, 0.1) is 0 Å². The van der Waals surface area contributed by atoms with Gasteiger partial charge in [0.25, 0.3) is 0 Å². The summed E-state index contributed by atoms with van der Waals surface area (Å²) in [5.41, 5.74) is 6.21. The summed E-state index contributed by atoms with van der Waals surface area (Å²) in [6, 6.07) is 0. The number of carboxylic acid groups (broad SMARTS) is 1. The quantitative estimate of drug-likeness (QED) is 0.807. The predicted molar refractivity (Wildman–Crippen MR) is 58.2 cm³/mol. The van der Waals surface area contributed by atoms with E-state index in [2.05, 4.69) is 4.98 Å². The number of nitrogens with two attached hydrogens (primary N) is 1. The standard InChI is InChI=1S/C8H10N2O2S2/c9-8-10-5(4-1-2-13-3-4)6(14-8)7(11)12/h4H,1-3H2,(H2,9,10)(H,11,12). The molecule has 4 nitrogen and oxygen atoms in total. The number of nitrogen functional groups attached to an aromatic ring is 1. The highest BCUT2D eigenvalue weighted by atomic mass is 32.2. The summed E-state index contributed by atoms with van der Waals surface area (Å²) in [5, 5.41) is 9.30. The molecule has 1 fully saturated rings. The van der Waals surface area contributed by atoms with Crippen LogP contribution in [0.2, 0.25) is 0 Å². The third kappa shape index (κ3) is 1.72. The van der Waals surface area contributed by atoms with Gasteiger partial charge in [-0.2, -0.15) is 11.8 Å². The van der Waals surface area contributed by atoms with Crippen molar-refractivity contribution in [3.8, 4) is 0 Å².